The van der Waals surface area contributed by atoms with E-state index in [1.165, 1.54) is 54.6 Å². The summed E-state index contributed by atoms with van der Waals surface area (Å²) in [4.78, 5) is 39.9. The number of hydrogen-bond donors (Lipinski definition) is 2. The molecule has 0 aliphatic carbocycles. The van der Waals surface area contributed by atoms with E-state index in [9.17, 15) is 28.3 Å². The summed E-state index contributed by atoms with van der Waals surface area (Å²) in [5, 5.41) is 10.5. The summed E-state index contributed by atoms with van der Waals surface area (Å²) in [6.45, 7) is 3.65. The Bertz CT molecular complexity index is 1560. The minimum absolute atomic E-state index is 0.0684. The van der Waals surface area contributed by atoms with Crippen molar-refractivity contribution in [1.82, 2.24) is 9.55 Å². The first-order valence-corrected chi connectivity index (χ1v) is 11.6. The van der Waals surface area contributed by atoms with E-state index in [4.69, 9.17) is 4.74 Å². The lowest BCUT2D eigenvalue weighted by molar-refractivity contribution is 0.0704. The van der Waals surface area contributed by atoms with Crippen LogP contribution in [0.5, 0.6) is 5.75 Å². The maximum absolute atomic E-state index is 14.8. The number of ether oxygens (including phenoxy) is 1. The summed E-state index contributed by atoms with van der Waals surface area (Å²) in [6, 6.07) is 8.05. The van der Waals surface area contributed by atoms with Gasteiger partial charge in [0.05, 0.1) is 23.7 Å². The molecule has 0 aliphatic heterocycles. The third-order valence-electron chi connectivity index (χ3n) is 5.19. The molecule has 0 saturated heterocycles. The molecule has 34 heavy (non-hydrogen) atoms. The molecule has 0 spiro atoms. The van der Waals surface area contributed by atoms with Crippen LogP contribution in [0.3, 0.4) is 0 Å². The standard InChI is InChI=1S/C23H18F2N2O5S2/c1-23(2,13-8-11(24)4-7-17(13)32-3)34-12-5-6-14(25)16(9-12)27-20(28)18-15(26-22(27)31)10-33-19(18)21(29)30/h4-10H,1-3H3,(H,26,31)(H,29,30). The van der Waals surface area contributed by atoms with E-state index < -0.39 is 33.6 Å². The summed E-state index contributed by atoms with van der Waals surface area (Å²) in [5.41, 5.74) is -1.54. The second kappa shape index (κ2) is 8.73. The average molecular weight is 505 g/mol. The predicted molar refractivity (Wildman–Crippen MR) is 127 cm³/mol. The van der Waals surface area contributed by atoms with Crippen LogP contribution in [0.2, 0.25) is 0 Å². The van der Waals surface area contributed by atoms with Crippen LogP contribution in [0.1, 0.15) is 29.1 Å². The molecule has 4 aromatic rings. The number of aromatic carboxylic acids is 1. The van der Waals surface area contributed by atoms with Crippen LogP contribution < -0.4 is 16.0 Å². The van der Waals surface area contributed by atoms with E-state index in [2.05, 4.69) is 4.98 Å². The Hall–Kier alpha value is -3.44. The van der Waals surface area contributed by atoms with Gasteiger partial charge < -0.3 is 14.8 Å². The minimum atomic E-state index is -1.33. The second-order valence-corrected chi connectivity index (χ2v) is 10.4. The first-order chi connectivity index (χ1) is 16.0. The predicted octanol–water partition coefficient (Wildman–Crippen LogP) is 4.75. The molecule has 2 aromatic heterocycles. The topological polar surface area (TPSA) is 101 Å². The van der Waals surface area contributed by atoms with Crippen molar-refractivity contribution in [2.75, 3.05) is 7.11 Å². The molecular weight excluding hydrogens is 486 g/mol. The molecule has 0 radical (unpaired) electrons. The number of hydrogen-bond acceptors (Lipinski definition) is 6. The van der Waals surface area contributed by atoms with Crippen molar-refractivity contribution in [3.8, 4) is 11.4 Å². The lowest BCUT2D eigenvalue weighted by Crippen LogP contribution is -2.34. The van der Waals surface area contributed by atoms with Crippen molar-refractivity contribution >= 4 is 40.0 Å². The maximum Gasteiger partial charge on any atom is 0.346 e. The molecule has 0 saturated carbocycles. The van der Waals surface area contributed by atoms with E-state index >= 15 is 0 Å². The van der Waals surface area contributed by atoms with E-state index in [-0.39, 0.29) is 21.5 Å². The van der Waals surface area contributed by atoms with Crippen molar-refractivity contribution in [2.45, 2.75) is 23.5 Å². The lowest BCUT2D eigenvalue weighted by atomic mass is 10.0. The van der Waals surface area contributed by atoms with Gasteiger partial charge in [-0.3, -0.25) is 4.79 Å². The fourth-order valence-electron chi connectivity index (χ4n) is 3.64. The summed E-state index contributed by atoms with van der Waals surface area (Å²) in [7, 11) is 1.47. The fourth-order valence-corrected chi connectivity index (χ4v) is 5.63. The van der Waals surface area contributed by atoms with E-state index in [1.54, 1.807) is 0 Å². The zero-order chi connectivity index (χ0) is 24.8. The molecule has 0 unspecified atom stereocenters. The Morgan fingerprint density at radius 3 is 2.59 bits per heavy atom. The number of carbonyl (C=O) groups is 1. The highest BCUT2D eigenvalue weighted by Gasteiger charge is 2.27. The van der Waals surface area contributed by atoms with Gasteiger partial charge in [-0.1, -0.05) is 0 Å². The summed E-state index contributed by atoms with van der Waals surface area (Å²) < 4.78 is 34.0. The first-order valence-electron chi connectivity index (χ1n) is 9.86. The molecule has 4 rings (SSSR count). The number of carboxylic acids is 1. The fraction of sp³-hybridized carbons (Fsp3) is 0.174. The van der Waals surface area contributed by atoms with Crippen LogP contribution >= 0.6 is 23.1 Å². The number of methoxy groups -OCH3 is 1. The zero-order valence-corrected chi connectivity index (χ0v) is 19.8. The van der Waals surface area contributed by atoms with Gasteiger partial charge in [-0.05, 0) is 50.2 Å². The number of H-pyrrole nitrogens is 1. The molecule has 0 atom stereocenters. The highest BCUT2D eigenvalue weighted by molar-refractivity contribution is 8.00. The van der Waals surface area contributed by atoms with Gasteiger partial charge in [0.15, 0.2) is 0 Å². The van der Waals surface area contributed by atoms with Crippen LogP contribution in [0.15, 0.2) is 56.3 Å². The van der Waals surface area contributed by atoms with Crippen molar-refractivity contribution in [1.29, 1.82) is 0 Å². The molecule has 0 fully saturated rings. The summed E-state index contributed by atoms with van der Waals surface area (Å²) in [5.74, 6) is -2.14. The van der Waals surface area contributed by atoms with Gasteiger partial charge in [-0.2, -0.15) is 0 Å². The maximum atomic E-state index is 14.8. The molecule has 0 aliphatic rings. The number of aromatic amines is 1. The molecular formula is C23H18F2N2O5S2. The number of benzene rings is 2. The normalized spacial score (nSPS) is 11.7. The van der Waals surface area contributed by atoms with Gasteiger partial charge in [-0.25, -0.2) is 22.9 Å². The number of aromatic nitrogens is 2. The van der Waals surface area contributed by atoms with Crippen molar-refractivity contribution in [3.05, 3.63) is 84.7 Å². The summed E-state index contributed by atoms with van der Waals surface area (Å²) in [6.07, 6.45) is 0. The van der Waals surface area contributed by atoms with Gasteiger partial charge in [0, 0.05) is 20.6 Å². The summed E-state index contributed by atoms with van der Waals surface area (Å²) >= 11 is 2.04. The van der Waals surface area contributed by atoms with Crippen LogP contribution in [0.4, 0.5) is 8.78 Å². The van der Waals surface area contributed by atoms with Crippen molar-refractivity contribution < 1.29 is 23.4 Å². The average Bonchev–Trinajstić information content (AvgIpc) is 3.20. The first kappa shape index (κ1) is 23.7. The molecule has 2 N–H and O–H groups in total. The molecule has 2 heterocycles. The minimum Gasteiger partial charge on any atom is -0.496 e. The highest BCUT2D eigenvalue weighted by Crippen LogP contribution is 2.45. The lowest BCUT2D eigenvalue weighted by Gasteiger charge is -2.27. The van der Waals surface area contributed by atoms with Crippen LogP contribution in [0.25, 0.3) is 16.6 Å². The van der Waals surface area contributed by atoms with E-state index in [0.717, 1.165) is 17.4 Å². The largest absolute Gasteiger partial charge is 0.496 e. The molecule has 0 bridgehead atoms. The third kappa shape index (κ3) is 4.12. The van der Waals surface area contributed by atoms with Crippen LogP contribution in [-0.2, 0) is 4.75 Å². The molecule has 11 heteroatoms. The number of fused-ring (bicyclic) bond motifs is 1. The van der Waals surface area contributed by atoms with Gasteiger partial charge in [-0.15, -0.1) is 23.1 Å². The molecule has 0 amide bonds. The molecule has 2 aromatic carbocycles. The number of halogens is 2. The van der Waals surface area contributed by atoms with Crippen LogP contribution in [-0.4, -0.2) is 27.7 Å². The molecule has 176 valence electrons. The Morgan fingerprint density at radius 2 is 1.91 bits per heavy atom. The number of thiophene rings is 1. The molecule has 7 nitrogen and oxygen atoms in total. The van der Waals surface area contributed by atoms with Gasteiger partial charge in [0.25, 0.3) is 5.56 Å². The highest BCUT2D eigenvalue weighted by atomic mass is 32.2. The number of thioether (sulfide) groups is 1. The van der Waals surface area contributed by atoms with E-state index in [1.807, 2.05) is 13.8 Å². The Morgan fingerprint density at radius 1 is 1.18 bits per heavy atom. The van der Waals surface area contributed by atoms with Crippen molar-refractivity contribution in [2.24, 2.45) is 0 Å². The zero-order valence-electron chi connectivity index (χ0n) is 18.1. The number of nitrogens with one attached hydrogen (secondary N) is 1. The van der Waals surface area contributed by atoms with Gasteiger partial charge >= 0.3 is 11.7 Å². The number of carboxylic acid groups (broad SMARTS) is 1. The van der Waals surface area contributed by atoms with E-state index in [0.29, 0.717) is 20.8 Å². The van der Waals surface area contributed by atoms with Gasteiger partial charge in [0.1, 0.15) is 22.3 Å². The third-order valence-corrected chi connectivity index (χ3v) is 7.38. The smallest absolute Gasteiger partial charge is 0.346 e. The SMILES string of the molecule is COc1ccc(F)cc1C(C)(C)Sc1ccc(F)c(-n2c(=O)[nH]c3csc(C(=O)O)c3c2=O)c1. The quantitative estimate of drug-likeness (QED) is 0.368. The van der Waals surface area contributed by atoms with Crippen molar-refractivity contribution in [3.63, 3.8) is 0 Å². The number of rotatable bonds is 6. The van der Waals surface area contributed by atoms with Crippen LogP contribution in [0, 0.1) is 11.6 Å². The second-order valence-electron chi connectivity index (χ2n) is 7.80. The van der Waals surface area contributed by atoms with Gasteiger partial charge in [0.2, 0.25) is 0 Å². The Kier molecular flexibility index (Phi) is 6.09. The Labute approximate surface area is 199 Å². The Balaban J connectivity index is 1.84. The number of nitrogens with zero attached hydrogens (tertiary/aromatic N) is 1. The monoisotopic (exact) mass is 504 g/mol.